The minimum atomic E-state index is 0. The summed E-state index contributed by atoms with van der Waals surface area (Å²) < 4.78 is 1.05. The third kappa shape index (κ3) is 4.54. The van der Waals surface area contributed by atoms with Crippen LogP contribution in [0.5, 0.6) is 0 Å². The molecule has 2 rings (SSSR count). The van der Waals surface area contributed by atoms with E-state index in [1.807, 2.05) is 66.9 Å². The number of benzene rings is 2. The third-order valence-electron chi connectivity index (χ3n) is 2.61. The van der Waals surface area contributed by atoms with E-state index in [1.54, 1.807) is 0 Å². The molecule has 0 aliphatic carbocycles. The quantitative estimate of drug-likeness (QED) is 0.198. The lowest BCUT2D eigenvalue weighted by molar-refractivity contribution is -0.471. The number of hydroxylamine groups is 1. The summed E-state index contributed by atoms with van der Waals surface area (Å²) in [5.74, 6) is 0. The van der Waals surface area contributed by atoms with Crippen molar-refractivity contribution in [2.75, 3.05) is 6.26 Å². The average molecular weight is 385 g/mol. The molecule has 2 aromatic carbocycles. The van der Waals surface area contributed by atoms with E-state index in [0.29, 0.717) is 6.54 Å². The van der Waals surface area contributed by atoms with Crippen LogP contribution in [0.3, 0.4) is 0 Å². The number of thioether (sulfide) groups is 1. The van der Waals surface area contributed by atoms with Crippen LogP contribution in [-0.4, -0.2) is 16.0 Å². The van der Waals surface area contributed by atoms with E-state index in [-0.39, 0.29) is 24.0 Å². The highest BCUT2D eigenvalue weighted by Crippen LogP contribution is 2.12. The van der Waals surface area contributed by atoms with E-state index in [0.717, 1.165) is 20.9 Å². The van der Waals surface area contributed by atoms with Gasteiger partial charge in [-0.05, 0) is 18.4 Å². The topological polar surface area (TPSA) is 26.1 Å². The minimum Gasteiger partial charge on any atom is -0.623 e. The van der Waals surface area contributed by atoms with Gasteiger partial charge in [0.2, 0.25) is 0 Å². The molecule has 2 aromatic rings. The first kappa shape index (κ1) is 16.0. The van der Waals surface area contributed by atoms with Crippen molar-refractivity contribution in [1.82, 2.24) is 0 Å². The second kappa shape index (κ2) is 8.22. The monoisotopic (exact) mass is 385 g/mol. The Morgan fingerprint density at radius 1 is 1.00 bits per heavy atom. The maximum absolute atomic E-state index is 12.2. The molecule has 0 aromatic heterocycles. The van der Waals surface area contributed by atoms with Crippen molar-refractivity contribution in [2.45, 2.75) is 6.54 Å². The smallest absolute Gasteiger partial charge is 0.253 e. The van der Waals surface area contributed by atoms with Gasteiger partial charge in [0.05, 0.1) is 5.56 Å². The van der Waals surface area contributed by atoms with E-state index >= 15 is 0 Å². The maximum atomic E-state index is 12.2. The number of nitrogens with zero attached hydrogens (tertiary/aromatic N) is 1. The summed E-state index contributed by atoms with van der Waals surface area (Å²) in [4.78, 5) is 0. The second-order valence-electron chi connectivity index (χ2n) is 3.90. The van der Waals surface area contributed by atoms with Gasteiger partial charge in [0.15, 0.2) is 6.54 Å². The standard InChI is InChI=1S/C15H15NOS.HI/c1-18-15(14-10-6-3-7-11-14)16(17)12-13-8-4-2-5-9-13;/h2-11H,12H2,1H3;1H/b16-15+;. The van der Waals surface area contributed by atoms with Crippen LogP contribution in [0.1, 0.15) is 11.1 Å². The van der Waals surface area contributed by atoms with Crippen molar-refractivity contribution in [3.8, 4) is 0 Å². The van der Waals surface area contributed by atoms with Crippen molar-refractivity contribution >= 4 is 40.8 Å². The molecule has 2 nitrogen and oxygen atoms in total. The number of halogens is 1. The number of hydrogen-bond donors (Lipinski definition) is 0. The highest BCUT2D eigenvalue weighted by Gasteiger charge is 2.11. The van der Waals surface area contributed by atoms with Crippen LogP contribution >= 0.6 is 35.7 Å². The molecule has 0 bridgehead atoms. The van der Waals surface area contributed by atoms with E-state index in [9.17, 15) is 5.21 Å². The molecule has 0 unspecified atom stereocenters. The Bertz CT molecular complexity index is 528. The fourth-order valence-electron chi connectivity index (χ4n) is 1.77. The van der Waals surface area contributed by atoms with Crippen molar-refractivity contribution in [3.63, 3.8) is 0 Å². The maximum Gasteiger partial charge on any atom is 0.253 e. The Balaban J connectivity index is 0.00000180. The van der Waals surface area contributed by atoms with Crippen LogP contribution in [0.4, 0.5) is 0 Å². The Morgan fingerprint density at radius 2 is 1.53 bits per heavy atom. The highest BCUT2D eigenvalue weighted by atomic mass is 127. The molecule has 0 N–H and O–H groups in total. The van der Waals surface area contributed by atoms with Gasteiger partial charge < -0.3 is 5.21 Å². The van der Waals surface area contributed by atoms with Gasteiger partial charge in [0.25, 0.3) is 5.04 Å². The van der Waals surface area contributed by atoms with Crippen LogP contribution in [0.15, 0.2) is 60.7 Å². The Kier molecular flexibility index (Phi) is 6.94. The second-order valence-corrected chi connectivity index (χ2v) is 4.69. The van der Waals surface area contributed by atoms with Gasteiger partial charge >= 0.3 is 0 Å². The zero-order valence-corrected chi connectivity index (χ0v) is 13.8. The summed E-state index contributed by atoms with van der Waals surface area (Å²) >= 11 is 1.48. The zero-order valence-electron chi connectivity index (χ0n) is 10.7. The van der Waals surface area contributed by atoms with Gasteiger partial charge in [-0.1, -0.05) is 60.3 Å². The average Bonchev–Trinajstić information content (AvgIpc) is 2.42. The van der Waals surface area contributed by atoms with Gasteiger partial charge in [-0.3, -0.25) is 0 Å². The summed E-state index contributed by atoms with van der Waals surface area (Å²) in [6.07, 6.45) is 1.93. The first-order valence-corrected chi connectivity index (χ1v) is 6.98. The molecule has 0 radical (unpaired) electrons. The van der Waals surface area contributed by atoms with Gasteiger partial charge in [0, 0.05) is 5.56 Å². The van der Waals surface area contributed by atoms with Gasteiger partial charge in [-0.2, -0.15) is 4.74 Å². The van der Waals surface area contributed by atoms with E-state index < -0.39 is 0 Å². The lowest BCUT2D eigenvalue weighted by atomic mass is 10.2. The van der Waals surface area contributed by atoms with Crippen LogP contribution in [-0.2, 0) is 6.54 Å². The van der Waals surface area contributed by atoms with Crippen molar-refractivity contribution in [3.05, 3.63) is 77.0 Å². The molecular formula is C15H16INOS. The lowest BCUT2D eigenvalue weighted by Crippen LogP contribution is -2.13. The lowest BCUT2D eigenvalue weighted by Gasteiger charge is -2.09. The molecule has 0 saturated carbocycles. The molecule has 0 heterocycles. The minimum absolute atomic E-state index is 0. The molecule has 0 aliphatic rings. The number of hydrogen-bond acceptors (Lipinski definition) is 2. The largest absolute Gasteiger partial charge is 0.623 e. The van der Waals surface area contributed by atoms with Crippen LogP contribution in [0.2, 0.25) is 0 Å². The normalized spacial score (nSPS) is 11.4. The fraction of sp³-hybridized carbons (Fsp3) is 0.133. The highest BCUT2D eigenvalue weighted by molar-refractivity contribution is 14.0. The molecular weight excluding hydrogens is 369 g/mol. The van der Waals surface area contributed by atoms with Gasteiger partial charge in [0.1, 0.15) is 0 Å². The molecule has 0 atom stereocenters. The van der Waals surface area contributed by atoms with Crippen LogP contribution in [0.25, 0.3) is 0 Å². The fourth-order valence-corrected chi connectivity index (χ4v) is 2.41. The molecule has 100 valence electrons. The summed E-state index contributed by atoms with van der Waals surface area (Å²) in [6.45, 7) is 0.381. The van der Waals surface area contributed by atoms with Crippen molar-refractivity contribution in [2.24, 2.45) is 0 Å². The number of rotatable bonds is 3. The summed E-state index contributed by atoms with van der Waals surface area (Å²) in [6, 6.07) is 19.5. The first-order valence-electron chi connectivity index (χ1n) is 5.76. The predicted octanol–water partition coefficient (Wildman–Crippen LogP) is 4.12. The molecule has 0 spiro atoms. The molecule has 0 aliphatic heterocycles. The molecule has 0 fully saturated rings. The summed E-state index contributed by atoms with van der Waals surface area (Å²) in [5, 5.41) is 13.0. The Morgan fingerprint density at radius 3 is 2.05 bits per heavy atom. The molecule has 19 heavy (non-hydrogen) atoms. The third-order valence-corrected chi connectivity index (χ3v) is 3.44. The molecule has 0 amide bonds. The first-order chi connectivity index (χ1) is 8.81. The molecule has 4 heteroatoms. The van der Waals surface area contributed by atoms with Crippen molar-refractivity contribution < 1.29 is 4.74 Å². The van der Waals surface area contributed by atoms with Crippen LogP contribution in [0, 0.1) is 5.21 Å². The molecule has 0 saturated heterocycles. The van der Waals surface area contributed by atoms with E-state index in [2.05, 4.69) is 0 Å². The van der Waals surface area contributed by atoms with Gasteiger partial charge in [-0.25, -0.2) is 0 Å². The van der Waals surface area contributed by atoms with Crippen molar-refractivity contribution in [1.29, 1.82) is 0 Å². The SMILES string of the molecule is CS/C(c1ccccc1)=[N+](/[O-])Cc1ccccc1.I. The summed E-state index contributed by atoms with van der Waals surface area (Å²) in [5.41, 5.74) is 1.99. The predicted molar refractivity (Wildman–Crippen MR) is 93.3 cm³/mol. The Labute approximate surface area is 135 Å². The summed E-state index contributed by atoms with van der Waals surface area (Å²) in [7, 11) is 0. The Hall–Kier alpha value is -1.01. The zero-order chi connectivity index (χ0) is 12.8. The van der Waals surface area contributed by atoms with E-state index in [1.165, 1.54) is 11.8 Å². The van der Waals surface area contributed by atoms with Gasteiger partial charge in [-0.15, -0.1) is 24.0 Å². The van der Waals surface area contributed by atoms with Crippen LogP contribution < -0.4 is 0 Å². The van der Waals surface area contributed by atoms with E-state index in [4.69, 9.17) is 0 Å².